The van der Waals surface area contributed by atoms with Gasteiger partial charge < -0.3 is 5.32 Å². The van der Waals surface area contributed by atoms with Gasteiger partial charge in [0.15, 0.2) is 0 Å². The molecule has 0 aliphatic carbocycles. The van der Waals surface area contributed by atoms with E-state index >= 15 is 0 Å². The summed E-state index contributed by atoms with van der Waals surface area (Å²) in [5.41, 5.74) is 3.24. The highest BCUT2D eigenvalue weighted by Crippen LogP contribution is 2.27. The molecule has 33 heavy (non-hydrogen) atoms. The number of aryl methyl sites for hydroxylation is 2. The third-order valence-electron chi connectivity index (χ3n) is 5.52. The number of anilines is 1. The maximum absolute atomic E-state index is 13.6. The van der Waals surface area contributed by atoms with Crippen LogP contribution < -0.4 is 9.62 Å². The Hall–Kier alpha value is -3.12. The number of sulfonamides is 1. The quantitative estimate of drug-likeness (QED) is 0.461. The van der Waals surface area contributed by atoms with Crippen LogP contribution in [0.4, 0.5) is 5.69 Å². The van der Waals surface area contributed by atoms with Gasteiger partial charge in [-0.1, -0.05) is 80.1 Å². The van der Waals surface area contributed by atoms with Crippen LogP contribution in [0.2, 0.25) is 0 Å². The predicted octanol–water partition coefficient (Wildman–Crippen LogP) is 5.40. The molecule has 6 heteroatoms. The molecule has 0 spiro atoms. The van der Waals surface area contributed by atoms with Gasteiger partial charge in [-0.05, 0) is 55.5 Å². The summed E-state index contributed by atoms with van der Waals surface area (Å²) in [6, 6.07) is 23.5. The van der Waals surface area contributed by atoms with Gasteiger partial charge in [-0.2, -0.15) is 0 Å². The van der Waals surface area contributed by atoms with Crippen LogP contribution >= 0.6 is 0 Å². The second kappa shape index (κ2) is 10.7. The van der Waals surface area contributed by atoms with E-state index in [4.69, 9.17) is 0 Å². The summed E-state index contributed by atoms with van der Waals surface area (Å²) in [6.45, 7) is 7.65. The van der Waals surface area contributed by atoms with E-state index in [0.717, 1.165) is 23.1 Å². The van der Waals surface area contributed by atoms with Crippen molar-refractivity contribution >= 4 is 21.6 Å². The summed E-state index contributed by atoms with van der Waals surface area (Å²) >= 11 is 0. The number of nitrogens with zero attached hydrogens (tertiary/aromatic N) is 1. The molecule has 0 saturated heterocycles. The summed E-state index contributed by atoms with van der Waals surface area (Å²) in [6.07, 6.45) is 0.755. The molecule has 0 unspecified atom stereocenters. The summed E-state index contributed by atoms with van der Waals surface area (Å²) in [5.74, 6) is 0.0164. The molecule has 0 aliphatic rings. The lowest BCUT2D eigenvalue weighted by Crippen LogP contribution is -2.42. The van der Waals surface area contributed by atoms with Crippen LogP contribution in [0.1, 0.15) is 43.0 Å². The molecule has 0 aromatic heterocycles. The van der Waals surface area contributed by atoms with Crippen molar-refractivity contribution < 1.29 is 13.2 Å². The number of para-hydroxylation sites is 1. The van der Waals surface area contributed by atoms with Gasteiger partial charge in [-0.15, -0.1) is 0 Å². The molecular weight excluding hydrogens is 432 g/mol. The van der Waals surface area contributed by atoms with Crippen LogP contribution in [0.15, 0.2) is 83.8 Å². The summed E-state index contributed by atoms with van der Waals surface area (Å²) in [5, 5.41) is 3.07. The van der Waals surface area contributed by atoms with E-state index < -0.39 is 10.0 Å². The molecule has 0 heterocycles. The van der Waals surface area contributed by atoms with Crippen molar-refractivity contribution in [2.24, 2.45) is 5.92 Å². The second-order valence-corrected chi connectivity index (χ2v) is 10.6. The minimum Gasteiger partial charge on any atom is -0.348 e. The van der Waals surface area contributed by atoms with Crippen LogP contribution in [-0.4, -0.2) is 20.9 Å². The Kier molecular flexibility index (Phi) is 7.92. The number of benzene rings is 3. The van der Waals surface area contributed by atoms with E-state index in [-0.39, 0.29) is 23.4 Å². The highest BCUT2D eigenvalue weighted by Gasteiger charge is 2.29. The smallest absolute Gasteiger partial charge is 0.264 e. The zero-order valence-electron chi connectivity index (χ0n) is 19.7. The third-order valence-corrected chi connectivity index (χ3v) is 7.30. The lowest BCUT2D eigenvalue weighted by atomic mass is 9.97. The fourth-order valence-corrected chi connectivity index (χ4v) is 5.27. The molecule has 0 bridgehead atoms. The number of nitrogens with one attached hydrogen (secondary N) is 1. The standard InChI is InChI=1S/C27H32N2O3S/c1-20(2)18-25(23-11-6-5-7-12-23)28-27(30)19-29(26-13-9-8-10-22(26)4)33(31,32)24-16-14-21(3)15-17-24/h5-17,20,25H,18-19H2,1-4H3,(H,28,30)/t25-/m1/s1. The number of amides is 1. The first kappa shape index (κ1) is 24.5. The van der Waals surface area contributed by atoms with Gasteiger partial charge in [0.25, 0.3) is 10.0 Å². The Bertz CT molecular complexity index is 1170. The lowest BCUT2D eigenvalue weighted by molar-refractivity contribution is -0.120. The molecule has 0 saturated carbocycles. The van der Waals surface area contributed by atoms with Gasteiger partial charge in [-0.3, -0.25) is 9.10 Å². The Morgan fingerprint density at radius 3 is 2.09 bits per heavy atom. The summed E-state index contributed by atoms with van der Waals surface area (Å²) < 4.78 is 28.4. The molecule has 0 aliphatic heterocycles. The molecule has 1 amide bonds. The van der Waals surface area contributed by atoms with Gasteiger partial charge in [0.2, 0.25) is 5.91 Å². The van der Waals surface area contributed by atoms with E-state index in [9.17, 15) is 13.2 Å². The zero-order chi connectivity index (χ0) is 24.0. The van der Waals surface area contributed by atoms with Crippen LogP contribution in [0.3, 0.4) is 0 Å². The highest BCUT2D eigenvalue weighted by atomic mass is 32.2. The van der Waals surface area contributed by atoms with Crippen molar-refractivity contribution in [1.29, 1.82) is 0 Å². The first-order valence-corrected chi connectivity index (χ1v) is 12.6. The Morgan fingerprint density at radius 2 is 1.48 bits per heavy atom. The number of carbonyl (C=O) groups excluding carboxylic acids is 1. The van der Waals surface area contributed by atoms with Crippen LogP contribution in [-0.2, 0) is 14.8 Å². The SMILES string of the molecule is Cc1ccc(S(=O)(=O)N(CC(=O)N[C@H](CC(C)C)c2ccccc2)c2ccccc2C)cc1. The fraction of sp³-hybridized carbons (Fsp3) is 0.296. The second-order valence-electron chi connectivity index (χ2n) is 8.77. The maximum Gasteiger partial charge on any atom is 0.264 e. The summed E-state index contributed by atoms with van der Waals surface area (Å²) in [7, 11) is -3.94. The van der Waals surface area contributed by atoms with E-state index in [1.807, 2.05) is 56.3 Å². The maximum atomic E-state index is 13.6. The number of hydrogen-bond acceptors (Lipinski definition) is 3. The van der Waals surface area contributed by atoms with Crippen molar-refractivity contribution in [2.75, 3.05) is 10.8 Å². The number of hydrogen-bond donors (Lipinski definition) is 1. The summed E-state index contributed by atoms with van der Waals surface area (Å²) in [4.78, 5) is 13.4. The molecule has 1 N–H and O–H groups in total. The average molecular weight is 465 g/mol. The molecule has 5 nitrogen and oxygen atoms in total. The largest absolute Gasteiger partial charge is 0.348 e. The van der Waals surface area contributed by atoms with Crippen molar-refractivity contribution in [3.63, 3.8) is 0 Å². The Balaban J connectivity index is 1.94. The van der Waals surface area contributed by atoms with E-state index in [2.05, 4.69) is 19.2 Å². The first-order valence-electron chi connectivity index (χ1n) is 11.2. The first-order chi connectivity index (χ1) is 15.7. The van der Waals surface area contributed by atoms with Crippen molar-refractivity contribution in [3.8, 4) is 0 Å². The topological polar surface area (TPSA) is 66.5 Å². The third kappa shape index (κ3) is 6.23. The molecule has 0 fully saturated rings. The molecular formula is C27H32N2O3S. The monoisotopic (exact) mass is 464 g/mol. The lowest BCUT2D eigenvalue weighted by Gasteiger charge is -2.27. The van der Waals surface area contributed by atoms with Crippen molar-refractivity contribution in [1.82, 2.24) is 5.32 Å². The van der Waals surface area contributed by atoms with Crippen LogP contribution in [0.25, 0.3) is 0 Å². The minimum atomic E-state index is -3.94. The zero-order valence-corrected chi connectivity index (χ0v) is 20.5. The van der Waals surface area contributed by atoms with Crippen molar-refractivity contribution in [3.05, 3.63) is 95.6 Å². The van der Waals surface area contributed by atoms with E-state index in [1.165, 1.54) is 4.31 Å². The minimum absolute atomic E-state index is 0.158. The molecule has 3 aromatic rings. The predicted molar refractivity (Wildman–Crippen MR) is 134 cm³/mol. The highest BCUT2D eigenvalue weighted by molar-refractivity contribution is 7.92. The number of rotatable bonds is 9. The van der Waals surface area contributed by atoms with E-state index in [0.29, 0.717) is 11.6 Å². The van der Waals surface area contributed by atoms with Gasteiger partial charge in [0, 0.05) is 0 Å². The van der Waals surface area contributed by atoms with Gasteiger partial charge in [-0.25, -0.2) is 8.42 Å². The molecule has 174 valence electrons. The van der Waals surface area contributed by atoms with Gasteiger partial charge in [0.05, 0.1) is 16.6 Å². The molecule has 0 radical (unpaired) electrons. The molecule has 3 aromatic carbocycles. The Morgan fingerprint density at radius 1 is 0.879 bits per heavy atom. The molecule has 3 rings (SSSR count). The van der Waals surface area contributed by atoms with Gasteiger partial charge in [0.1, 0.15) is 6.54 Å². The molecule has 1 atom stereocenters. The number of carbonyl (C=O) groups is 1. The van der Waals surface area contributed by atoms with Crippen molar-refractivity contribution in [2.45, 2.75) is 45.1 Å². The Labute approximate surface area is 197 Å². The van der Waals surface area contributed by atoms with Crippen LogP contribution in [0, 0.1) is 19.8 Å². The van der Waals surface area contributed by atoms with Crippen LogP contribution in [0.5, 0.6) is 0 Å². The van der Waals surface area contributed by atoms with E-state index in [1.54, 1.807) is 36.4 Å². The van der Waals surface area contributed by atoms with Gasteiger partial charge >= 0.3 is 0 Å². The fourth-order valence-electron chi connectivity index (χ4n) is 3.79. The normalized spacial score (nSPS) is 12.4. The average Bonchev–Trinajstić information content (AvgIpc) is 2.78.